The Bertz CT molecular complexity index is 1800. The third-order valence-corrected chi connectivity index (χ3v) is 10.7. The average molecular weight is 607 g/mol. The molecule has 0 radical (unpaired) electrons. The second kappa shape index (κ2) is 11.5. The molecule has 1 aliphatic rings. The number of phenols is 1. The number of carbonyl (C=O) groups excluding carboxylic acids is 1. The van der Waals surface area contributed by atoms with Gasteiger partial charge in [-0.2, -0.15) is 0 Å². The Morgan fingerprint density at radius 1 is 1.12 bits per heavy atom. The first-order valence-electron chi connectivity index (χ1n) is 13.1. The number of aliphatic hydroxyl groups excluding tert-OH is 1. The molecule has 1 saturated heterocycles. The van der Waals surface area contributed by atoms with E-state index in [1.54, 1.807) is 18.2 Å². The van der Waals surface area contributed by atoms with Crippen molar-refractivity contribution in [1.29, 1.82) is 0 Å². The minimum Gasteiger partial charge on any atom is -0.507 e. The number of fused-ring (bicyclic) bond motifs is 1. The number of ether oxygens (including phenoxy) is 1. The number of phenolic OH excluding ortho intramolecular Hbond substituents is 1. The maximum atomic E-state index is 12.8. The number of nitrogens with one attached hydrogen (secondary N) is 1. The van der Waals surface area contributed by atoms with Gasteiger partial charge in [-0.05, 0) is 55.0 Å². The summed E-state index contributed by atoms with van der Waals surface area (Å²) in [6, 6.07) is 18.8. The molecule has 0 aliphatic carbocycles. The Balaban J connectivity index is 1.29. The summed E-state index contributed by atoms with van der Waals surface area (Å²) in [6.07, 6.45) is -0.337. The molecule has 218 valence electrons. The third kappa shape index (κ3) is 6.18. The van der Waals surface area contributed by atoms with Gasteiger partial charge in [0.1, 0.15) is 22.5 Å². The fraction of sp³-hybridized carbons (Fsp3) is 0.290. The zero-order valence-electron chi connectivity index (χ0n) is 23.0. The van der Waals surface area contributed by atoms with Crippen molar-refractivity contribution in [2.45, 2.75) is 29.8 Å². The summed E-state index contributed by atoms with van der Waals surface area (Å²) in [7, 11) is -3.73. The smallest absolute Gasteiger partial charge is 0.255 e. The van der Waals surface area contributed by atoms with E-state index in [1.807, 2.05) is 36.4 Å². The predicted molar refractivity (Wildman–Crippen MR) is 160 cm³/mol. The summed E-state index contributed by atoms with van der Waals surface area (Å²) < 4.78 is 29.9. The van der Waals surface area contributed by atoms with Crippen LogP contribution >= 0.6 is 11.3 Å². The molecular formula is C31H30N2O7S2. The van der Waals surface area contributed by atoms with E-state index in [4.69, 9.17) is 4.74 Å². The van der Waals surface area contributed by atoms with E-state index in [2.05, 4.69) is 22.1 Å². The zero-order chi connectivity index (χ0) is 30.1. The van der Waals surface area contributed by atoms with Crippen molar-refractivity contribution in [2.75, 3.05) is 26.0 Å². The van der Waals surface area contributed by atoms with Crippen molar-refractivity contribution < 1.29 is 33.3 Å². The van der Waals surface area contributed by atoms with Crippen molar-refractivity contribution in [3.8, 4) is 17.6 Å². The first-order valence-corrected chi connectivity index (χ1v) is 15.8. The van der Waals surface area contributed by atoms with Gasteiger partial charge in [0.2, 0.25) is 0 Å². The molecule has 1 amide bonds. The summed E-state index contributed by atoms with van der Waals surface area (Å²) in [5.74, 6) is 5.40. The van der Waals surface area contributed by atoms with Crippen LogP contribution in [0.15, 0.2) is 66.7 Å². The highest BCUT2D eigenvalue weighted by Gasteiger charge is 2.40. The highest BCUT2D eigenvalue weighted by molar-refractivity contribution is 7.92. The normalized spacial score (nSPS) is 16.5. The number of thiazole rings is 1. The standard InChI is InChI=1S/C31H30N2O7S2/c1-30(42(2,38)39,17-32-28(36)23-5-3-4-6-25(23)34)16-26(35)29-33-24-14-11-21(15-27(24)41-29)8-7-20-9-12-22(13-10-20)31(37)18-40-19-31/h3-6,9-15,26,34-35,37H,16-19H2,1-2H3,(H,32,36)/t26-,30-/m1/s1. The van der Waals surface area contributed by atoms with Gasteiger partial charge in [0, 0.05) is 30.3 Å². The number of benzene rings is 3. The molecule has 0 bridgehead atoms. The van der Waals surface area contributed by atoms with Crippen LogP contribution in [0.25, 0.3) is 10.2 Å². The summed E-state index contributed by atoms with van der Waals surface area (Å²) in [5, 5.41) is 34.3. The predicted octanol–water partition coefficient (Wildman–Crippen LogP) is 3.28. The number of amides is 1. The molecule has 11 heteroatoms. The van der Waals surface area contributed by atoms with E-state index in [-0.39, 0.29) is 37.5 Å². The lowest BCUT2D eigenvalue weighted by Gasteiger charge is -2.36. The Morgan fingerprint density at radius 2 is 1.79 bits per heavy atom. The topological polar surface area (TPSA) is 146 Å². The molecule has 3 aromatic carbocycles. The number of aromatic nitrogens is 1. The van der Waals surface area contributed by atoms with Gasteiger partial charge in [0.05, 0.1) is 33.7 Å². The molecule has 1 aromatic heterocycles. The minimum atomic E-state index is -3.73. The van der Waals surface area contributed by atoms with Crippen LogP contribution in [-0.2, 0) is 20.2 Å². The third-order valence-electron chi connectivity index (χ3n) is 7.44. The number of carbonyl (C=O) groups is 1. The van der Waals surface area contributed by atoms with Crippen LogP contribution in [0.2, 0.25) is 0 Å². The fourth-order valence-corrected chi connectivity index (χ4v) is 6.30. The number of para-hydroxylation sites is 1. The van der Waals surface area contributed by atoms with E-state index < -0.39 is 32.2 Å². The number of aliphatic hydroxyl groups is 2. The molecule has 4 aromatic rings. The number of hydrogen-bond acceptors (Lipinski definition) is 9. The van der Waals surface area contributed by atoms with Gasteiger partial charge < -0.3 is 25.4 Å². The van der Waals surface area contributed by atoms with Crippen molar-refractivity contribution in [3.05, 3.63) is 94.0 Å². The minimum absolute atomic E-state index is 0.0262. The lowest BCUT2D eigenvalue weighted by Crippen LogP contribution is -2.47. The highest BCUT2D eigenvalue weighted by Crippen LogP contribution is 2.34. The van der Waals surface area contributed by atoms with Gasteiger partial charge in [0.25, 0.3) is 5.91 Å². The molecule has 0 spiro atoms. The Hall–Kier alpha value is -3.79. The van der Waals surface area contributed by atoms with Crippen LogP contribution in [0.3, 0.4) is 0 Å². The quantitative estimate of drug-likeness (QED) is 0.224. The molecule has 0 saturated carbocycles. The molecule has 0 unspecified atom stereocenters. The van der Waals surface area contributed by atoms with Crippen LogP contribution < -0.4 is 5.32 Å². The van der Waals surface area contributed by atoms with Crippen LogP contribution in [0, 0.1) is 11.8 Å². The van der Waals surface area contributed by atoms with Gasteiger partial charge in [0.15, 0.2) is 9.84 Å². The van der Waals surface area contributed by atoms with Gasteiger partial charge >= 0.3 is 0 Å². The van der Waals surface area contributed by atoms with Crippen LogP contribution in [-0.4, -0.2) is 65.4 Å². The molecule has 5 rings (SSSR count). The van der Waals surface area contributed by atoms with Gasteiger partial charge in [-0.25, -0.2) is 13.4 Å². The Kier molecular flexibility index (Phi) is 8.11. The SMILES string of the molecule is C[C@](CNC(=O)c1ccccc1O)(C[C@@H](O)c1nc2ccc(C#Cc3ccc(C4(O)COC4)cc3)cc2s1)S(C)(=O)=O. The van der Waals surface area contributed by atoms with Crippen LogP contribution in [0.4, 0.5) is 0 Å². The number of sulfone groups is 1. The van der Waals surface area contributed by atoms with Gasteiger partial charge in [-0.3, -0.25) is 4.79 Å². The highest BCUT2D eigenvalue weighted by atomic mass is 32.2. The lowest BCUT2D eigenvalue weighted by atomic mass is 9.91. The van der Waals surface area contributed by atoms with E-state index in [1.165, 1.54) is 30.4 Å². The molecular weight excluding hydrogens is 576 g/mol. The number of rotatable bonds is 8. The summed E-state index contributed by atoms with van der Waals surface area (Å²) >= 11 is 1.25. The first-order chi connectivity index (χ1) is 19.9. The number of aromatic hydroxyl groups is 1. The maximum Gasteiger partial charge on any atom is 0.255 e. The molecule has 4 N–H and O–H groups in total. The monoisotopic (exact) mass is 606 g/mol. The largest absolute Gasteiger partial charge is 0.507 e. The molecule has 9 nitrogen and oxygen atoms in total. The van der Waals surface area contributed by atoms with Crippen LogP contribution in [0.5, 0.6) is 5.75 Å². The summed E-state index contributed by atoms with van der Waals surface area (Å²) in [5.41, 5.74) is 2.07. The summed E-state index contributed by atoms with van der Waals surface area (Å²) in [4.78, 5) is 17.1. The Labute approximate surface area is 247 Å². The van der Waals surface area contributed by atoms with E-state index in [0.717, 1.165) is 27.6 Å². The van der Waals surface area contributed by atoms with E-state index >= 15 is 0 Å². The molecule has 42 heavy (non-hydrogen) atoms. The van der Waals surface area contributed by atoms with E-state index in [0.29, 0.717) is 10.5 Å². The molecule has 2 heterocycles. The molecule has 1 aliphatic heterocycles. The van der Waals surface area contributed by atoms with Gasteiger partial charge in [-0.1, -0.05) is 36.1 Å². The van der Waals surface area contributed by atoms with Gasteiger partial charge in [-0.15, -0.1) is 11.3 Å². The van der Waals surface area contributed by atoms with Crippen molar-refractivity contribution in [2.24, 2.45) is 0 Å². The second-order valence-corrected chi connectivity index (χ2v) is 14.3. The summed E-state index contributed by atoms with van der Waals surface area (Å²) in [6.45, 7) is 1.76. The zero-order valence-corrected chi connectivity index (χ0v) is 24.6. The number of hydrogen-bond donors (Lipinski definition) is 4. The Morgan fingerprint density at radius 3 is 2.43 bits per heavy atom. The first kappa shape index (κ1) is 29.7. The fourth-order valence-electron chi connectivity index (χ4n) is 4.51. The van der Waals surface area contributed by atoms with Crippen LogP contribution in [0.1, 0.15) is 51.5 Å². The lowest BCUT2D eigenvalue weighted by molar-refractivity contribution is -0.184. The molecule has 2 atom stereocenters. The maximum absolute atomic E-state index is 12.8. The molecule has 1 fully saturated rings. The number of nitrogens with zero attached hydrogens (tertiary/aromatic N) is 1. The van der Waals surface area contributed by atoms with Crippen molar-refractivity contribution in [3.63, 3.8) is 0 Å². The average Bonchev–Trinajstić information content (AvgIpc) is 3.37. The second-order valence-electron chi connectivity index (χ2n) is 10.7. The van der Waals surface area contributed by atoms with E-state index in [9.17, 15) is 28.5 Å². The van der Waals surface area contributed by atoms with Crippen molar-refractivity contribution in [1.82, 2.24) is 10.3 Å². The van der Waals surface area contributed by atoms with Crippen molar-refractivity contribution >= 4 is 37.3 Å².